The summed E-state index contributed by atoms with van der Waals surface area (Å²) in [5.41, 5.74) is 4.28. The van der Waals surface area contributed by atoms with Crippen molar-refractivity contribution in [2.24, 2.45) is 0 Å². The highest BCUT2D eigenvalue weighted by Crippen LogP contribution is 2.29. The van der Waals surface area contributed by atoms with Crippen molar-refractivity contribution in [2.45, 2.75) is 6.92 Å². The summed E-state index contributed by atoms with van der Waals surface area (Å²) >= 11 is 11.9. The summed E-state index contributed by atoms with van der Waals surface area (Å²) in [6, 6.07) is 12.1. The van der Waals surface area contributed by atoms with Crippen LogP contribution in [0.5, 0.6) is 0 Å². The molecule has 19 heavy (non-hydrogen) atoms. The Kier molecular flexibility index (Phi) is 4.30. The highest BCUT2D eigenvalue weighted by molar-refractivity contribution is 6.39. The second-order valence-corrected chi connectivity index (χ2v) is 4.77. The lowest BCUT2D eigenvalue weighted by atomic mass is 10.1. The van der Waals surface area contributed by atoms with Crippen molar-refractivity contribution >= 4 is 34.9 Å². The van der Waals surface area contributed by atoms with E-state index in [1.807, 2.05) is 13.0 Å². The average molecular weight is 296 g/mol. The maximum absolute atomic E-state index is 11.8. The van der Waals surface area contributed by atoms with Crippen LogP contribution in [0.25, 0.3) is 0 Å². The Balaban J connectivity index is 2.09. The molecule has 0 heterocycles. The molecule has 98 valence electrons. The number of para-hydroxylation sites is 1. The second kappa shape index (κ2) is 5.95. The highest BCUT2D eigenvalue weighted by Gasteiger charge is 2.10. The molecule has 5 heteroatoms. The third-order valence-corrected chi connectivity index (χ3v) is 3.09. The molecule has 0 bridgehead atoms. The van der Waals surface area contributed by atoms with Gasteiger partial charge in [-0.15, -0.1) is 0 Å². The SMILES string of the molecule is Cc1cccc(C(=O)ONc2c(Cl)cccc2Cl)c1. The maximum Gasteiger partial charge on any atom is 0.362 e. The quantitative estimate of drug-likeness (QED) is 0.848. The van der Waals surface area contributed by atoms with Gasteiger partial charge in [-0.1, -0.05) is 47.0 Å². The fourth-order valence-electron chi connectivity index (χ4n) is 1.52. The van der Waals surface area contributed by atoms with Crippen LogP contribution in [-0.2, 0) is 4.84 Å². The first-order valence-electron chi connectivity index (χ1n) is 5.56. The summed E-state index contributed by atoms with van der Waals surface area (Å²) in [5, 5.41) is 0.758. The lowest BCUT2D eigenvalue weighted by Gasteiger charge is -2.10. The number of aryl methyl sites for hydroxylation is 1. The zero-order chi connectivity index (χ0) is 13.8. The Morgan fingerprint density at radius 3 is 2.37 bits per heavy atom. The third-order valence-electron chi connectivity index (χ3n) is 2.46. The van der Waals surface area contributed by atoms with E-state index in [-0.39, 0.29) is 0 Å². The molecule has 0 saturated heterocycles. The van der Waals surface area contributed by atoms with Crippen molar-refractivity contribution in [3.8, 4) is 0 Å². The normalized spacial score (nSPS) is 10.1. The van der Waals surface area contributed by atoms with E-state index in [1.54, 1.807) is 36.4 Å². The molecule has 2 aromatic carbocycles. The fourth-order valence-corrected chi connectivity index (χ4v) is 2.00. The first kappa shape index (κ1) is 13.7. The van der Waals surface area contributed by atoms with Crippen LogP contribution < -0.4 is 5.48 Å². The Hall–Kier alpha value is -1.71. The van der Waals surface area contributed by atoms with Gasteiger partial charge < -0.3 is 4.84 Å². The summed E-state index contributed by atoms with van der Waals surface area (Å²) in [6.07, 6.45) is 0. The van der Waals surface area contributed by atoms with Crippen LogP contribution >= 0.6 is 23.2 Å². The number of rotatable bonds is 3. The summed E-state index contributed by atoms with van der Waals surface area (Å²) in [4.78, 5) is 16.8. The molecule has 2 rings (SSSR count). The molecule has 3 nitrogen and oxygen atoms in total. The van der Waals surface area contributed by atoms with Gasteiger partial charge in [0.1, 0.15) is 5.69 Å². The van der Waals surface area contributed by atoms with Gasteiger partial charge in [0.2, 0.25) is 0 Å². The molecule has 0 aliphatic heterocycles. The molecule has 0 aliphatic carbocycles. The van der Waals surface area contributed by atoms with E-state index in [0.717, 1.165) is 5.56 Å². The second-order valence-electron chi connectivity index (χ2n) is 3.96. The summed E-state index contributed by atoms with van der Waals surface area (Å²) in [5.74, 6) is -0.500. The minimum atomic E-state index is -0.500. The van der Waals surface area contributed by atoms with Gasteiger partial charge in [0.25, 0.3) is 0 Å². The number of anilines is 1. The van der Waals surface area contributed by atoms with E-state index < -0.39 is 5.97 Å². The topological polar surface area (TPSA) is 38.3 Å². The first-order valence-corrected chi connectivity index (χ1v) is 6.31. The molecule has 0 fully saturated rings. The molecule has 0 unspecified atom stereocenters. The summed E-state index contributed by atoms with van der Waals surface area (Å²) in [6.45, 7) is 1.90. The lowest BCUT2D eigenvalue weighted by Crippen LogP contribution is -2.11. The standard InChI is InChI=1S/C14H11Cl2NO2/c1-9-4-2-5-10(8-9)14(18)19-17-13-11(15)6-3-7-12(13)16/h2-8,17H,1H3. The van der Waals surface area contributed by atoms with Gasteiger partial charge in [-0.2, -0.15) is 0 Å². The van der Waals surface area contributed by atoms with E-state index in [9.17, 15) is 4.79 Å². The smallest absolute Gasteiger partial charge is 0.338 e. The van der Waals surface area contributed by atoms with Crippen LogP contribution in [0.15, 0.2) is 42.5 Å². The average Bonchev–Trinajstić information content (AvgIpc) is 2.38. The minimum absolute atomic E-state index is 0.367. The van der Waals surface area contributed by atoms with Gasteiger partial charge in [0, 0.05) is 0 Å². The molecule has 0 amide bonds. The molecular weight excluding hydrogens is 285 g/mol. The molecule has 0 saturated carbocycles. The fraction of sp³-hybridized carbons (Fsp3) is 0.0714. The molecule has 0 radical (unpaired) electrons. The zero-order valence-electron chi connectivity index (χ0n) is 10.1. The summed E-state index contributed by atoms with van der Waals surface area (Å²) < 4.78 is 0. The van der Waals surface area contributed by atoms with Crippen molar-refractivity contribution in [3.63, 3.8) is 0 Å². The molecule has 0 aliphatic rings. The van der Waals surface area contributed by atoms with E-state index in [2.05, 4.69) is 5.48 Å². The van der Waals surface area contributed by atoms with E-state index >= 15 is 0 Å². The van der Waals surface area contributed by atoms with Crippen LogP contribution in [0.3, 0.4) is 0 Å². The zero-order valence-corrected chi connectivity index (χ0v) is 11.6. The van der Waals surface area contributed by atoms with Crippen molar-refractivity contribution in [1.82, 2.24) is 0 Å². The van der Waals surface area contributed by atoms with Gasteiger partial charge in [-0.05, 0) is 31.2 Å². The Morgan fingerprint density at radius 1 is 1.11 bits per heavy atom. The van der Waals surface area contributed by atoms with Gasteiger partial charge >= 0.3 is 5.97 Å². The lowest BCUT2D eigenvalue weighted by molar-refractivity contribution is 0.0596. The third kappa shape index (κ3) is 3.40. The van der Waals surface area contributed by atoms with Crippen LogP contribution in [0.2, 0.25) is 10.0 Å². The minimum Gasteiger partial charge on any atom is -0.338 e. The van der Waals surface area contributed by atoms with Crippen molar-refractivity contribution in [2.75, 3.05) is 5.48 Å². The highest BCUT2D eigenvalue weighted by atomic mass is 35.5. The number of hydrogen-bond donors (Lipinski definition) is 1. The Morgan fingerprint density at radius 2 is 1.74 bits per heavy atom. The Labute approximate surface area is 121 Å². The summed E-state index contributed by atoms with van der Waals surface area (Å²) in [7, 11) is 0. The van der Waals surface area contributed by atoms with Crippen LogP contribution in [-0.4, -0.2) is 5.97 Å². The van der Waals surface area contributed by atoms with Crippen LogP contribution in [0, 0.1) is 6.92 Å². The van der Waals surface area contributed by atoms with Crippen molar-refractivity contribution in [3.05, 3.63) is 63.6 Å². The number of nitrogens with one attached hydrogen (secondary N) is 1. The van der Waals surface area contributed by atoms with E-state index in [4.69, 9.17) is 28.0 Å². The number of carbonyl (C=O) groups is 1. The predicted molar refractivity (Wildman–Crippen MR) is 76.7 cm³/mol. The van der Waals surface area contributed by atoms with Crippen molar-refractivity contribution < 1.29 is 9.63 Å². The molecule has 1 N–H and O–H groups in total. The number of hydrogen-bond acceptors (Lipinski definition) is 3. The van der Waals surface area contributed by atoms with Crippen molar-refractivity contribution in [1.29, 1.82) is 0 Å². The van der Waals surface area contributed by atoms with Crippen LogP contribution in [0.1, 0.15) is 15.9 Å². The van der Waals surface area contributed by atoms with E-state index in [0.29, 0.717) is 21.3 Å². The predicted octanol–water partition coefficient (Wildman–Crippen LogP) is 4.49. The number of carbonyl (C=O) groups excluding carboxylic acids is 1. The van der Waals surface area contributed by atoms with Gasteiger partial charge in [-0.25, -0.2) is 10.3 Å². The van der Waals surface area contributed by atoms with Crippen LogP contribution in [0.4, 0.5) is 5.69 Å². The molecule has 0 aromatic heterocycles. The van der Waals surface area contributed by atoms with E-state index in [1.165, 1.54) is 0 Å². The van der Waals surface area contributed by atoms with Gasteiger partial charge in [0.05, 0.1) is 15.6 Å². The molecule has 0 atom stereocenters. The number of benzene rings is 2. The molecule has 2 aromatic rings. The Bertz CT molecular complexity index is 594. The number of halogens is 2. The molecule has 0 spiro atoms. The van der Waals surface area contributed by atoms with Gasteiger partial charge in [-0.3, -0.25) is 0 Å². The largest absolute Gasteiger partial charge is 0.362 e. The first-order chi connectivity index (χ1) is 9.08. The monoisotopic (exact) mass is 295 g/mol. The van der Waals surface area contributed by atoms with Gasteiger partial charge in [0.15, 0.2) is 0 Å². The molecular formula is C14H11Cl2NO2. The maximum atomic E-state index is 11.8.